The first-order valence-electron chi connectivity index (χ1n) is 9.28. The van der Waals surface area contributed by atoms with Gasteiger partial charge in [0, 0.05) is 31.7 Å². The van der Waals surface area contributed by atoms with E-state index < -0.39 is 38.8 Å². The summed E-state index contributed by atoms with van der Waals surface area (Å²) < 4.78 is 40.9. The van der Waals surface area contributed by atoms with Gasteiger partial charge in [0.15, 0.2) is 6.17 Å². The lowest BCUT2D eigenvalue weighted by atomic mass is 10.2. The molecule has 1 atom stereocenters. The van der Waals surface area contributed by atoms with Crippen LogP contribution in [-0.2, 0) is 14.8 Å². The maximum atomic E-state index is 13.5. The van der Waals surface area contributed by atoms with Gasteiger partial charge in [0.2, 0.25) is 10.0 Å². The van der Waals surface area contributed by atoms with E-state index in [4.69, 9.17) is 40.5 Å². The van der Waals surface area contributed by atoms with Crippen LogP contribution < -0.4 is 11.1 Å². The molecule has 2 aromatic carbocycles. The predicted octanol–water partition coefficient (Wildman–Crippen LogP) is 2.33. The Morgan fingerprint density at radius 2 is 1.78 bits per heavy atom. The number of nitrogens with one attached hydrogen (secondary N) is 1. The first kappa shape index (κ1) is 24.7. The van der Waals surface area contributed by atoms with E-state index in [1.165, 1.54) is 18.2 Å². The van der Waals surface area contributed by atoms with Crippen molar-refractivity contribution >= 4 is 56.6 Å². The van der Waals surface area contributed by atoms with Gasteiger partial charge in [-0.2, -0.15) is 4.31 Å². The van der Waals surface area contributed by atoms with Crippen LogP contribution in [0.1, 0.15) is 10.4 Å². The molecule has 2 aromatic rings. The summed E-state index contributed by atoms with van der Waals surface area (Å²) in [4.78, 5) is 26.8. The highest BCUT2D eigenvalue weighted by Gasteiger charge is 2.46. The van der Waals surface area contributed by atoms with Crippen molar-refractivity contribution in [2.24, 2.45) is 5.73 Å². The summed E-state index contributed by atoms with van der Waals surface area (Å²) in [6, 6.07) is 7.07. The van der Waals surface area contributed by atoms with E-state index in [0.29, 0.717) is 0 Å². The number of hydrogen-bond acceptors (Lipinski definition) is 5. The van der Waals surface area contributed by atoms with E-state index in [1.54, 1.807) is 0 Å². The van der Waals surface area contributed by atoms with E-state index in [1.807, 2.05) is 0 Å². The summed E-state index contributed by atoms with van der Waals surface area (Å²) >= 11 is 17.6. The minimum Gasteiger partial charge on any atom is -0.352 e. The van der Waals surface area contributed by atoms with Gasteiger partial charge < -0.3 is 16.0 Å². The van der Waals surface area contributed by atoms with E-state index in [9.17, 15) is 22.4 Å². The molecule has 0 aromatic heterocycles. The number of benzene rings is 2. The number of amides is 2. The second kappa shape index (κ2) is 9.90. The van der Waals surface area contributed by atoms with E-state index in [2.05, 4.69) is 5.32 Å². The third-order valence-corrected chi connectivity index (χ3v) is 7.61. The van der Waals surface area contributed by atoms with E-state index in [0.717, 1.165) is 27.4 Å². The second-order valence-corrected chi connectivity index (χ2v) is 9.88. The molecule has 2 amide bonds. The molecule has 3 N–H and O–H groups in total. The Balaban J connectivity index is 2.00. The zero-order valence-electron chi connectivity index (χ0n) is 16.4. The molecule has 1 fully saturated rings. The molecule has 1 heterocycles. The van der Waals surface area contributed by atoms with Gasteiger partial charge in [0.25, 0.3) is 11.8 Å². The Morgan fingerprint density at radius 1 is 1.06 bits per heavy atom. The summed E-state index contributed by atoms with van der Waals surface area (Å²) in [6.45, 7) is -0.0705. The summed E-state index contributed by atoms with van der Waals surface area (Å²) in [5, 5.41) is 2.48. The number of rotatable bonds is 6. The number of nitrogens with two attached hydrogens (primary N) is 1. The van der Waals surface area contributed by atoms with Gasteiger partial charge in [-0.1, -0.05) is 34.8 Å². The molecule has 1 saturated heterocycles. The second-order valence-electron chi connectivity index (χ2n) is 6.77. The molecule has 0 spiro atoms. The standard InChI is InChI=1S/C19H18Cl3FN4O4S/c20-13-3-1-11(9-14(13)21)19(29)26-7-8-27(18(26)17(28)25-6-5-24)32(30,31)12-2-4-16(23)15(22)10-12/h1-4,9-10,18H,5-8,24H2,(H,25,28). The topological polar surface area (TPSA) is 113 Å². The van der Waals surface area contributed by atoms with Crippen molar-refractivity contribution in [3.8, 4) is 0 Å². The number of carbonyl (C=O) groups is 2. The van der Waals surface area contributed by atoms with Gasteiger partial charge in [-0.3, -0.25) is 9.59 Å². The molecular formula is C19H18Cl3FN4O4S. The molecule has 0 radical (unpaired) electrons. The van der Waals surface area contributed by atoms with Crippen LogP contribution in [0.25, 0.3) is 0 Å². The highest BCUT2D eigenvalue weighted by atomic mass is 35.5. The predicted molar refractivity (Wildman–Crippen MR) is 119 cm³/mol. The average Bonchev–Trinajstić information content (AvgIpc) is 3.21. The highest BCUT2D eigenvalue weighted by Crippen LogP contribution is 2.29. The smallest absolute Gasteiger partial charge is 0.259 e. The fourth-order valence-electron chi connectivity index (χ4n) is 3.20. The normalized spacial score (nSPS) is 16.9. The molecule has 0 saturated carbocycles. The molecule has 172 valence electrons. The molecule has 13 heteroatoms. The van der Waals surface area contributed by atoms with Gasteiger partial charge in [-0.25, -0.2) is 12.8 Å². The van der Waals surface area contributed by atoms with E-state index in [-0.39, 0.29) is 46.7 Å². The number of sulfonamides is 1. The first-order valence-corrected chi connectivity index (χ1v) is 11.9. The van der Waals surface area contributed by atoms with Crippen LogP contribution in [0.3, 0.4) is 0 Å². The Labute approximate surface area is 199 Å². The molecule has 32 heavy (non-hydrogen) atoms. The Morgan fingerprint density at radius 3 is 2.41 bits per heavy atom. The summed E-state index contributed by atoms with van der Waals surface area (Å²) in [6.07, 6.45) is -1.50. The fourth-order valence-corrected chi connectivity index (χ4v) is 5.31. The monoisotopic (exact) mass is 522 g/mol. The zero-order chi connectivity index (χ0) is 23.6. The number of hydrogen-bond donors (Lipinski definition) is 2. The van der Waals surface area contributed by atoms with Crippen molar-refractivity contribution in [2.75, 3.05) is 26.2 Å². The van der Waals surface area contributed by atoms with Crippen molar-refractivity contribution in [3.05, 3.63) is 62.8 Å². The SMILES string of the molecule is NCCNC(=O)C1N(C(=O)c2ccc(Cl)c(Cl)c2)CCN1S(=O)(=O)c1ccc(F)c(Cl)c1. The first-order chi connectivity index (χ1) is 15.1. The minimum atomic E-state index is -4.31. The lowest BCUT2D eigenvalue weighted by Gasteiger charge is -2.29. The minimum absolute atomic E-state index is 0.0698. The van der Waals surface area contributed by atoms with Crippen molar-refractivity contribution in [3.63, 3.8) is 0 Å². The number of halogens is 4. The summed E-state index contributed by atoms with van der Waals surface area (Å²) in [5.74, 6) is -2.15. The zero-order valence-corrected chi connectivity index (χ0v) is 19.5. The van der Waals surface area contributed by atoms with Crippen molar-refractivity contribution in [1.82, 2.24) is 14.5 Å². The fraction of sp³-hybridized carbons (Fsp3) is 0.263. The molecular weight excluding hydrogens is 506 g/mol. The van der Waals surface area contributed by atoms with E-state index >= 15 is 0 Å². The van der Waals surface area contributed by atoms with Crippen molar-refractivity contribution in [2.45, 2.75) is 11.1 Å². The number of nitrogens with zero attached hydrogens (tertiary/aromatic N) is 2. The number of carbonyl (C=O) groups excluding carboxylic acids is 2. The van der Waals surface area contributed by atoms with Crippen LogP contribution >= 0.6 is 34.8 Å². The van der Waals surface area contributed by atoms with Gasteiger partial charge in [-0.15, -0.1) is 0 Å². The molecule has 0 bridgehead atoms. The lowest BCUT2D eigenvalue weighted by molar-refractivity contribution is -0.127. The van der Waals surface area contributed by atoms with Crippen LogP contribution in [0.5, 0.6) is 0 Å². The third kappa shape index (κ3) is 4.85. The van der Waals surface area contributed by atoms with Gasteiger partial charge in [0.1, 0.15) is 5.82 Å². The van der Waals surface area contributed by atoms with Crippen LogP contribution in [0.15, 0.2) is 41.3 Å². The van der Waals surface area contributed by atoms with Gasteiger partial charge >= 0.3 is 0 Å². The van der Waals surface area contributed by atoms with Gasteiger partial charge in [-0.05, 0) is 36.4 Å². The quantitative estimate of drug-likeness (QED) is 0.603. The molecule has 3 rings (SSSR count). The summed E-state index contributed by atoms with van der Waals surface area (Å²) in [7, 11) is -4.31. The lowest BCUT2D eigenvalue weighted by Crippen LogP contribution is -2.54. The molecule has 8 nitrogen and oxygen atoms in total. The van der Waals surface area contributed by atoms with Crippen LogP contribution in [0.4, 0.5) is 4.39 Å². The average molecular weight is 524 g/mol. The maximum Gasteiger partial charge on any atom is 0.259 e. The van der Waals surface area contributed by atoms with Crippen LogP contribution in [-0.4, -0.2) is 61.8 Å². The Hall–Kier alpha value is -1.95. The molecule has 1 aliphatic heterocycles. The molecule has 0 aliphatic carbocycles. The van der Waals surface area contributed by atoms with Crippen LogP contribution in [0, 0.1) is 5.82 Å². The largest absolute Gasteiger partial charge is 0.352 e. The maximum absolute atomic E-state index is 13.5. The third-order valence-electron chi connectivity index (χ3n) is 4.73. The Kier molecular flexibility index (Phi) is 7.64. The molecule has 1 unspecified atom stereocenters. The summed E-state index contributed by atoms with van der Waals surface area (Å²) in [5.41, 5.74) is 5.55. The van der Waals surface area contributed by atoms with Crippen molar-refractivity contribution < 1.29 is 22.4 Å². The molecule has 1 aliphatic rings. The van der Waals surface area contributed by atoms with Crippen LogP contribution in [0.2, 0.25) is 15.1 Å². The van der Waals surface area contributed by atoms with Crippen molar-refractivity contribution in [1.29, 1.82) is 0 Å². The Bertz CT molecular complexity index is 1170. The van der Waals surface area contributed by atoms with Gasteiger partial charge in [0.05, 0.1) is 20.0 Å². The highest BCUT2D eigenvalue weighted by molar-refractivity contribution is 7.89.